The maximum atomic E-state index is 13.5. The molecule has 388 valence electrons. The number of carbonyl (C=O) groups excluding carboxylic acids is 5. The Bertz CT molecular complexity index is 3020. The van der Waals surface area contributed by atoms with Crippen LogP contribution in [0.25, 0.3) is 0 Å². The van der Waals surface area contributed by atoms with Crippen molar-refractivity contribution in [1.29, 1.82) is 0 Å². The van der Waals surface area contributed by atoms with Gasteiger partial charge in [0.25, 0.3) is 5.91 Å². The van der Waals surface area contributed by atoms with Gasteiger partial charge in [-0.25, -0.2) is 27.2 Å². The molecule has 2 fully saturated rings. The number of halogens is 4. The van der Waals surface area contributed by atoms with Gasteiger partial charge in [-0.2, -0.15) is 0 Å². The lowest BCUT2D eigenvalue weighted by atomic mass is 9.92. The van der Waals surface area contributed by atoms with Crippen molar-refractivity contribution in [3.8, 4) is 11.5 Å². The average molecular weight is 1070 g/mol. The number of carboxylic acids is 2. The zero-order valence-electron chi connectivity index (χ0n) is 39.9. The zero-order valence-corrected chi connectivity index (χ0v) is 41.6. The van der Waals surface area contributed by atoms with Crippen molar-refractivity contribution < 1.29 is 70.8 Å². The second-order valence-corrected chi connectivity index (χ2v) is 19.6. The summed E-state index contributed by atoms with van der Waals surface area (Å²) in [6, 6.07) is 32.9. The SMILES string of the molecule is CC(C)[C@@H](NC(=O)COc1ccc([C@@H]2[C@@H](SCC(=O)c3ccc(F)cc3)C(=O)N2c2ccc(F)cc2)cc1)C(=O)O.O=C(O)COc1ccc([C@@H]2[C@@H](SCC(=O)c3ccc(F)cc3)C(=O)N2c2ccc(F)cc2)cc1. The summed E-state index contributed by atoms with van der Waals surface area (Å²) in [5.74, 6) is -5.07. The molecule has 6 aromatic rings. The molecule has 3 amide bonds. The topological polar surface area (TPSA) is 197 Å². The number of anilines is 2. The molecular weight excluding hydrogens is 1020 g/mol. The van der Waals surface area contributed by atoms with E-state index in [4.69, 9.17) is 14.6 Å². The zero-order chi connectivity index (χ0) is 53.9. The number of carbonyl (C=O) groups is 7. The lowest BCUT2D eigenvalue weighted by molar-refractivity contribution is -0.143. The van der Waals surface area contributed by atoms with Gasteiger partial charge in [0, 0.05) is 22.5 Å². The van der Waals surface area contributed by atoms with Crippen LogP contribution in [-0.2, 0) is 24.0 Å². The van der Waals surface area contributed by atoms with E-state index in [2.05, 4.69) is 5.32 Å². The summed E-state index contributed by atoms with van der Waals surface area (Å²) >= 11 is 2.35. The maximum absolute atomic E-state index is 13.5. The van der Waals surface area contributed by atoms with Gasteiger partial charge in [-0.15, -0.1) is 23.5 Å². The molecular formula is C55H47F4N3O11S2. The Kier molecular flexibility index (Phi) is 18.1. The molecule has 0 aromatic heterocycles. The molecule has 0 aliphatic carbocycles. The van der Waals surface area contributed by atoms with Crippen LogP contribution >= 0.6 is 23.5 Å². The van der Waals surface area contributed by atoms with Crippen molar-refractivity contribution in [1.82, 2.24) is 5.32 Å². The summed E-state index contributed by atoms with van der Waals surface area (Å²) in [5, 5.41) is 19.3. The molecule has 2 heterocycles. The molecule has 8 rings (SSSR count). The van der Waals surface area contributed by atoms with Crippen LogP contribution in [-0.4, -0.2) is 92.7 Å². The van der Waals surface area contributed by atoms with Gasteiger partial charge in [0.15, 0.2) is 24.8 Å². The van der Waals surface area contributed by atoms with Crippen LogP contribution in [0.1, 0.15) is 57.8 Å². The molecule has 0 radical (unpaired) electrons. The van der Waals surface area contributed by atoms with Crippen LogP contribution in [0.5, 0.6) is 11.5 Å². The van der Waals surface area contributed by atoms with Gasteiger partial charge in [0.1, 0.15) is 51.3 Å². The molecule has 20 heteroatoms. The maximum Gasteiger partial charge on any atom is 0.341 e. The molecule has 5 atom stereocenters. The predicted molar refractivity (Wildman–Crippen MR) is 273 cm³/mol. The number of hydrogen-bond donors (Lipinski definition) is 3. The van der Waals surface area contributed by atoms with E-state index in [9.17, 15) is 56.2 Å². The first-order valence-corrected chi connectivity index (χ1v) is 25.2. The quantitative estimate of drug-likeness (QED) is 0.0351. The van der Waals surface area contributed by atoms with E-state index in [-0.39, 0.29) is 47.4 Å². The van der Waals surface area contributed by atoms with Gasteiger partial charge in [-0.3, -0.25) is 24.0 Å². The van der Waals surface area contributed by atoms with Crippen LogP contribution in [0.4, 0.5) is 28.9 Å². The smallest absolute Gasteiger partial charge is 0.341 e. The van der Waals surface area contributed by atoms with Crippen molar-refractivity contribution in [3.63, 3.8) is 0 Å². The summed E-state index contributed by atoms with van der Waals surface area (Å²) in [6.45, 7) is 2.50. The van der Waals surface area contributed by atoms with Crippen molar-refractivity contribution in [2.45, 2.75) is 42.5 Å². The highest BCUT2D eigenvalue weighted by atomic mass is 32.2. The van der Waals surface area contributed by atoms with Gasteiger partial charge in [0.05, 0.1) is 23.6 Å². The molecule has 2 saturated heterocycles. The highest BCUT2D eigenvalue weighted by molar-refractivity contribution is 8.01. The van der Waals surface area contributed by atoms with E-state index in [0.29, 0.717) is 34.0 Å². The second-order valence-electron chi connectivity index (χ2n) is 17.3. The summed E-state index contributed by atoms with van der Waals surface area (Å²) in [5.41, 5.74) is 3.18. The monoisotopic (exact) mass is 1070 g/mol. The number of Topliss-reactive ketones (excluding diaryl/α,β-unsaturated/α-hetero) is 2. The fourth-order valence-electron chi connectivity index (χ4n) is 7.99. The number of rotatable bonds is 21. The standard InChI is InChI=1S/C30H28F2N2O6S.C25H19F2NO5S/c1-17(2)26(30(38)39)33-25(36)15-40-23-13-5-19(6-14-23)27-28(29(37)34(27)22-11-9-21(32)10-12-22)41-16-24(35)18-3-7-20(31)8-4-18;26-17-5-1-15(2-6-17)21(29)14-34-24-23(16-3-11-20(12-4-16)33-13-22(30)31)28(25(24)32)19-9-7-18(27)8-10-19/h3-14,17,26-28H,15-16H2,1-2H3,(H,33,36)(H,38,39);1-12,23-24H,13-14H2,(H,30,31)/t26-,27-,28-;23-,24-/m11/s1. The van der Waals surface area contributed by atoms with Crippen molar-refractivity contribution >= 4 is 76.1 Å². The highest BCUT2D eigenvalue weighted by Gasteiger charge is 2.50. The summed E-state index contributed by atoms with van der Waals surface area (Å²) in [6.07, 6.45) is 0. The Morgan fingerprint density at radius 3 is 1.21 bits per heavy atom. The number of thioether (sulfide) groups is 2. The molecule has 0 bridgehead atoms. The van der Waals surface area contributed by atoms with Gasteiger partial charge < -0.3 is 34.8 Å². The highest BCUT2D eigenvalue weighted by Crippen LogP contribution is 2.47. The Morgan fingerprint density at radius 2 is 0.880 bits per heavy atom. The van der Waals surface area contributed by atoms with Crippen molar-refractivity contribution in [2.75, 3.05) is 34.5 Å². The number of β-lactam (4-membered cyclic amide) rings is 2. The Balaban J connectivity index is 0.000000222. The Hall–Kier alpha value is -7.97. The van der Waals surface area contributed by atoms with Gasteiger partial charge in [0.2, 0.25) is 11.8 Å². The fraction of sp³-hybridized carbons (Fsp3) is 0.218. The first-order chi connectivity index (χ1) is 35.9. The number of nitrogens with one attached hydrogen (secondary N) is 1. The van der Waals surface area contributed by atoms with E-state index >= 15 is 0 Å². The number of carboxylic acid groups (broad SMARTS) is 2. The molecule has 75 heavy (non-hydrogen) atoms. The molecule has 3 N–H and O–H groups in total. The molecule has 14 nitrogen and oxygen atoms in total. The van der Waals surface area contributed by atoms with Gasteiger partial charge >= 0.3 is 11.9 Å². The summed E-state index contributed by atoms with van der Waals surface area (Å²) in [4.78, 5) is 88.7. The molecule has 2 aliphatic heterocycles. The number of ketones is 2. The molecule has 6 aromatic carbocycles. The first kappa shape index (κ1) is 54.8. The Labute approximate surface area is 436 Å². The van der Waals surface area contributed by atoms with Gasteiger partial charge in [-0.05, 0) is 138 Å². The fourth-order valence-corrected chi connectivity index (χ4v) is 10.4. The van der Waals surface area contributed by atoms with Crippen LogP contribution in [0.3, 0.4) is 0 Å². The lowest BCUT2D eigenvalue weighted by Crippen LogP contribution is -2.57. The third-order valence-electron chi connectivity index (χ3n) is 11.8. The lowest BCUT2D eigenvalue weighted by Gasteiger charge is -2.47. The molecule has 0 spiro atoms. The molecule has 0 unspecified atom stereocenters. The molecule has 0 saturated carbocycles. The molecule has 2 aliphatic rings. The number of aliphatic carboxylic acids is 2. The van der Waals surface area contributed by atoms with Gasteiger partial charge in [-0.1, -0.05) is 38.1 Å². The van der Waals surface area contributed by atoms with Crippen molar-refractivity contribution in [2.24, 2.45) is 5.92 Å². The number of hydrogen-bond acceptors (Lipinski definition) is 11. The minimum absolute atomic E-state index is 0.000181. The normalized spacial score (nSPS) is 17.2. The summed E-state index contributed by atoms with van der Waals surface area (Å²) in [7, 11) is 0. The van der Waals surface area contributed by atoms with E-state index in [1.54, 1.807) is 62.4 Å². The number of ether oxygens (including phenoxy) is 2. The number of amides is 3. The van der Waals surface area contributed by atoms with E-state index in [0.717, 1.165) is 11.1 Å². The first-order valence-electron chi connectivity index (χ1n) is 23.1. The van der Waals surface area contributed by atoms with Crippen molar-refractivity contribution in [3.05, 3.63) is 191 Å². The number of nitrogens with zero attached hydrogens (tertiary/aromatic N) is 2. The number of benzene rings is 6. The van der Waals surface area contributed by atoms with Crippen LogP contribution < -0.4 is 24.6 Å². The minimum atomic E-state index is -1.13. The third-order valence-corrected chi connectivity index (χ3v) is 14.3. The Morgan fingerprint density at radius 1 is 0.533 bits per heavy atom. The summed E-state index contributed by atoms with van der Waals surface area (Å²) < 4.78 is 64.0. The van der Waals surface area contributed by atoms with E-state index in [1.165, 1.54) is 130 Å². The predicted octanol–water partition coefficient (Wildman–Crippen LogP) is 9.14. The van der Waals surface area contributed by atoms with Crippen LogP contribution in [0.15, 0.2) is 146 Å². The average Bonchev–Trinajstić information content (AvgIpc) is 3.39. The third kappa shape index (κ3) is 13.8. The second kappa shape index (κ2) is 24.8. The largest absolute Gasteiger partial charge is 0.484 e. The van der Waals surface area contributed by atoms with Crippen LogP contribution in [0, 0.1) is 29.2 Å². The van der Waals surface area contributed by atoms with E-state index in [1.807, 2.05) is 0 Å². The minimum Gasteiger partial charge on any atom is -0.484 e. The van der Waals surface area contributed by atoms with Crippen LogP contribution in [0.2, 0.25) is 0 Å². The van der Waals surface area contributed by atoms with E-state index < -0.39 is 76.3 Å².